The van der Waals surface area contributed by atoms with Gasteiger partial charge in [0.05, 0.1) is 0 Å². The van der Waals surface area contributed by atoms with E-state index in [-0.39, 0.29) is 42.0 Å². The zero-order valence-corrected chi connectivity index (χ0v) is 29.1. The van der Waals surface area contributed by atoms with Gasteiger partial charge < -0.3 is 25.0 Å². The monoisotopic (exact) mass is 763 g/mol. The minimum Gasteiger partial charge on any atom is -0.477 e. The van der Waals surface area contributed by atoms with E-state index in [1.165, 1.54) is 6.07 Å². The van der Waals surface area contributed by atoms with Crippen molar-refractivity contribution in [3.8, 4) is 95.2 Å². The molecule has 57 heavy (non-hydrogen) atoms. The van der Waals surface area contributed by atoms with Crippen LogP contribution in [0.15, 0.2) is 101 Å². The molecule has 5 aromatic rings. The number of terminal acetylenes is 1. The number of nitrogens with one attached hydrogen (secondary N) is 2. The predicted molar refractivity (Wildman–Crippen MR) is 225 cm³/mol. The number of aromatic carboxylic acids is 1. The van der Waals surface area contributed by atoms with Crippen LogP contribution in [0, 0.1) is 105 Å². The molecule has 0 fully saturated rings. The van der Waals surface area contributed by atoms with Gasteiger partial charge in [0.1, 0.15) is 18.0 Å². The Morgan fingerprint density at radius 3 is 1.53 bits per heavy atom. The van der Waals surface area contributed by atoms with Crippen LogP contribution in [0.25, 0.3) is 21.8 Å². The number of carboxylic acids is 1. The summed E-state index contributed by atoms with van der Waals surface area (Å²) in [5.41, 5.74) is 1.65. The normalized spacial score (nSPS) is 7.93. The highest BCUT2D eigenvalue weighted by Crippen LogP contribution is 2.10. The van der Waals surface area contributed by atoms with E-state index >= 15 is 0 Å². The second-order valence-corrected chi connectivity index (χ2v) is 9.81. The van der Waals surface area contributed by atoms with Crippen LogP contribution in [0.3, 0.4) is 0 Å². The molecule has 2 heterocycles. The van der Waals surface area contributed by atoms with Gasteiger partial charge in [-0.25, -0.2) is 9.59 Å². The number of aromatic amines is 2. The number of carboxylic acid groups (broad SMARTS) is 1. The minimum atomic E-state index is -1.50. The standard InChI is InChI=1S/C17H13NO3.C17H4.C10H7NO3.CH4.HNO3.4H2/c19-16-10-15(18-14-9-5-4-8-13(14)16)17(20)21-11-12-6-2-1-3-7-12;1-3-5-7-9-11-13-15-17-16-14-12-10-8-6-4-2;12-9-5-8(10(13)14)11-7-4-2-1-3-6(7)9;;2-1(3)4;;;;/h1-10H,11H2,(H,18,19);1H,2H3;1-5H,(H,11,12)(H,13,14);1H4;(H,2,3,4);4*1H. The van der Waals surface area contributed by atoms with Crippen molar-refractivity contribution in [1.29, 1.82) is 0 Å². The zero-order valence-electron chi connectivity index (χ0n) is 29.1. The van der Waals surface area contributed by atoms with Gasteiger partial charge in [0.25, 0.3) is 5.09 Å². The molecular weight excluding hydrogens is 727 g/mol. The van der Waals surface area contributed by atoms with Gasteiger partial charge in [-0.1, -0.05) is 67.9 Å². The van der Waals surface area contributed by atoms with E-state index in [2.05, 4.69) is 98.8 Å². The number of hydrogen-bond donors (Lipinski definition) is 4. The Morgan fingerprint density at radius 1 is 0.702 bits per heavy atom. The molecule has 0 unspecified atom stereocenters. The summed E-state index contributed by atoms with van der Waals surface area (Å²) in [6.45, 7) is 1.88. The molecule has 0 saturated carbocycles. The van der Waals surface area contributed by atoms with Crippen LogP contribution >= 0.6 is 0 Å². The number of hydrogen-bond acceptors (Lipinski definition) is 7. The van der Waals surface area contributed by atoms with Gasteiger partial charge >= 0.3 is 11.9 Å². The molecule has 0 aliphatic rings. The first-order valence-electron chi connectivity index (χ1n) is 15.5. The Hall–Kier alpha value is -9.30. The number of fused-ring (bicyclic) bond motifs is 2. The maximum absolute atomic E-state index is 12.0. The Kier molecular flexibility index (Phi) is 21.2. The Bertz CT molecular complexity index is 2870. The topological polar surface area (TPSA) is 193 Å². The number of aromatic nitrogens is 2. The van der Waals surface area contributed by atoms with E-state index < -0.39 is 17.0 Å². The molecule has 286 valence electrons. The maximum Gasteiger partial charge on any atom is 0.355 e. The SMILES string of the molecule is C.C#CC#CC#CC#CC#CC#CC#CC#CC.O=C(O)c1cc(=O)c2ccccc2[nH]1.O=C(OCc1ccccc1)c1cc(=O)c2ccccc2[nH]1.O=[N+]([O-])O.[HH].[HH].[HH].[HH]. The third kappa shape index (κ3) is 18.2. The number of H-pyrrole nitrogens is 2. The second kappa shape index (κ2) is 26.5. The lowest BCUT2D eigenvalue weighted by Crippen LogP contribution is -2.12. The molecule has 12 heteroatoms. The zero-order chi connectivity index (χ0) is 41.0. The number of ether oxygens (including phenoxy) is 1. The fraction of sp³-hybridized carbons (Fsp3) is 0.0667. The quantitative estimate of drug-likeness (QED) is 0.0731. The van der Waals surface area contributed by atoms with E-state index in [0.29, 0.717) is 21.8 Å². The lowest BCUT2D eigenvalue weighted by atomic mass is 10.2. The van der Waals surface area contributed by atoms with Gasteiger partial charge in [0.15, 0.2) is 10.9 Å². The average Bonchev–Trinajstić information content (AvgIpc) is 3.19. The summed E-state index contributed by atoms with van der Waals surface area (Å²) in [4.78, 5) is 60.0. The third-order valence-electron chi connectivity index (χ3n) is 6.08. The van der Waals surface area contributed by atoms with Crippen molar-refractivity contribution in [2.24, 2.45) is 0 Å². The molecule has 0 amide bonds. The fourth-order valence-electron chi connectivity index (χ4n) is 3.86. The largest absolute Gasteiger partial charge is 0.477 e. The highest BCUT2D eigenvalue weighted by molar-refractivity contribution is 5.91. The minimum absolute atomic E-state index is 0. The van der Waals surface area contributed by atoms with E-state index in [9.17, 15) is 19.2 Å². The fourth-order valence-corrected chi connectivity index (χ4v) is 3.86. The van der Waals surface area contributed by atoms with Crippen molar-refractivity contribution < 1.29 is 35.4 Å². The van der Waals surface area contributed by atoms with Crippen LogP contribution in [0.5, 0.6) is 0 Å². The van der Waals surface area contributed by atoms with Gasteiger partial charge in [-0.2, -0.15) is 0 Å². The van der Waals surface area contributed by atoms with Crippen molar-refractivity contribution in [1.82, 2.24) is 9.97 Å². The molecule has 0 spiro atoms. The number of pyridine rings is 2. The summed E-state index contributed by atoms with van der Waals surface area (Å²) in [6, 6.07) is 25.6. The summed E-state index contributed by atoms with van der Waals surface area (Å²) in [5.74, 6) is 35.2. The average molecular weight is 764 g/mol. The number of rotatable bonds is 4. The van der Waals surface area contributed by atoms with Gasteiger partial charge in [-0.15, -0.1) is 16.5 Å². The Balaban J connectivity index is -0.000000373. The molecule has 4 N–H and O–H groups in total. The predicted octanol–water partition coefficient (Wildman–Crippen LogP) is 6.05. The lowest BCUT2D eigenvalue weighted by molar-refractivity contribution is -0.742. The first-order valence-corrected chi connectivity index (χ1v) is 15.5. The summed E-state index contributed by atoms with van der Waals surface area (Å²) in [7, 11) is 0. The van der Waals surface area contributed by atoms with E-state index in [0.717, 1.165) is 11.6 Å². The van der Waals surface area contributed by atoms with Crippen LogP contribution in [0.4, 0.5) is 0 Å². The number of carbonyl (C=O) groups is 2. The van der Waals surface area contributed by atoms with Crippen LogP contribution in [-0.2, 0) is 11.3 Å². The molecule has 0 bridgehead atoms. The summed E-state index contributed by atoms with van der Waals surface area (Å²) >= 11 is 0. The second-order valence-electron chi connectivity index (χ2n) is 9.81. The van der Waals surface area contributed by atoms with Crippen LogP contribution in [0.1, 0.15) is 46.6 Å². The first-order chi connectivity index (χ1) is 27.1. The molecule has 0 saturated heterocycles. The Labute approximate surface area is 333 Å². The summed E-state index contributed by atoms with van der Waals surface area (Å²) < 4.78 is 5.21. The molecule has 12 nitrogen and oxygen atoms in total. The number of benzene rings is 3. The van der Waals surface area contributed by atoms with Crippen molar-refractivity contribution in [2.75, 3.05) is 0 Å². The maximum atomic E-state index is 12.0. The van der Waals surface area contributed by atoms with Gasteiger partial charge in [0, 0.05) is 39.6 Å². The first kappa shape index (κ1) is 45.7. The molecule has 0 atom stereocenters. The van der Waals surface area contributed by atoms with Crippen molar-refractivity contribution >= 4 is 33.7 Å². The van der Waals surface area contributed by atoms with Crippen LogP contribution in [0.2, 0.25) is 0 Å². The number of esters is 1. The molecule has 5 rings (SSSR count). The highest BCUT2D eigenvalue weighted by Gasteiger charge is 2.11. The Morgan fingerprint density at radius 2 is 1.09 bits per heavy atom. The van der Waals surface area contributed by atoms with Crippen molar-refractivity contribution in [3.05, 3.63) is 139 Å². The van der Waals surface area contributed by atoms with Crippen molar-refractivity contribution in [3.63, 3.8) is 0 Å². The van der Waals surface area contributed by atoms with Crippen LogP contribution in [-0.4, -0.2) is 37.3 Å². The van der Waals surface area contributed by atoms with E-state index in [1.807, 2.05) is 30.3 Å². The molecule has 0 aliphatic heterocycles. The van der Waals surface area contributed by atoms with Gasteiger partial charge in [-0.3, -0.25) is 9.59 Å². The highest BCUT2D eigenvalue weighted by atomic mass is 16.9. The summed E-state index contributed by atoms with van der Waals surface area (Å²) in [5, 5.41) is 23.4. The van der Waals surface area contributed by atoms with Crippen LogP contribution < -0.4 is 10.9 Å². The lowest BCUT2D eigenvalue weighted by Gasteiger charge is -2.06. The third-order valence-corrected chi connectivity index (χ3v) is 6.08. The number of carbonyl (C=O) groups excluding carboxylic acids is 1. The number of para-hydroxylation sites is 2. The van der Waals surface area contributed by atoms with Gasteiger partial charge in [0.2, 0.25) is 0 Å². The molecule has 0 aliphatic carbocycles. The molecule has 2 aromatic heterocycles. The van der Waals surface area contributed by atoms with E-state index in [4.69, 9.17) is 31.6 Å². The van der Waals surface area contributed by atoms with Crippen molar-refractivity contribution in [2.45, 2.75) is 21.0 Å². The molecular formula is C45H37N3O9. The van der Waals surface area contributed by atoms with E-state index in [1.54, 1.807) is 55.5 Å². The smallest absolute Gasteiger partial charge is 0.355 e. The molecule has 3 aromatic carbocycles. The molecule has 0 radical (unpaired) electrons. The number of nitrogens with zero attached hydrogens (tertiary/aromatic N) is 1. The summed E-state index contributed by atoms with van der Waals surface area (Å²) in [6.07, 6.45) is 4.88. The van der Waals surface area contributed by atoms with Gasteiger partial charge in [-0.05, 0) is 120 Å².